The van der Waals surface area contributed by atoms with Gasteiger partial charge in [0.1, 0.15) is 0 Å². The van der Waals surface area contributed by atoms with E-state index in [0.29, 0.717) is 23.7 Å². The van der Waals surface area contributed by atoms with Crippen molar-refractivity contribution in [2.45, 2.75) is 242 Å². The molecule has 0 amide bonds. The molecule has 1 aromatic heterocycles. The Balaban J connectivity index is 0.00000193. The quantitative estimate of drug-likeness (QED) is 0.188. The molecule has 2 aromatic carbocycles. The van der Waals surface area contributed by atoms with Crippen molar-refractivity contribution in [1.82, 2.24) is 4.98 Å². The first-order valence-corrected chi connectivity index (χ1v) is 26.0. The first kappa shape index (κ1) is 53.3. The van der Waals surface area contributed by atoms with Gasteiger partial charge >= 0.3 is 0 Å². The molecule has 0 aliphatic heterocycles. The van der Waals surface area contributed by atoms with E-state index in [1.165, 1.54) is 204 Å². The molecule has 6 saturated carbocycles. The Morgan fingerprint density at radius 3 is 0.859 bits per heavy atom. The molecule has 6 fully saturated rings. The number of rotatable bonds is 10. The molecule has 6 aliphatic carbocycles. The van der Waals surface area contributed by atoms with Crippen molar-refractivity contribution in [2.75, 3.05) is 0 Å². The Hall–Kier alpha value is -1.62. The zero-order valence-corrected chi connectivity index (χ0v) is 43.3. The van der Waals surface area contributed by atoms with Gasteiger partial charge < -0.3 is 37.2 Å². The predicted molar refractivity (Wildman–Crippen MR) is 256 cm³/mol. The maximum atomic E-state index is 5.77. The molecule has 0 spiro atoms. The van der Waals surface area contributed by atoms with Crippen molar-refractivity contribution in [3.63, 3.8) is 0 Å². The number of aliphatic imine (C=N–C) groups is 2. The molecule has 0 atom stereocenters. The topological polar surface area (TPSA) is 37.6 Å². The summed E-state index contributed by atoms with van der Waals surface area (Å²) < 4.78 is 0. The Morgan fingerprint density at radius 1 is 0.375 bits per heavy atom. The molecule has 9 rings (SSSR count). The van der Waals surface area contributed by atoms with Crippen LogP contribution < -0.4 is 37.2 Å². The predicted octanol–water partition coefficient (Wildman–Crippen LogP) is 8.66. The van der Waals surface area contributed by atoms with Gasteiger partial charge in [0.2, 0.25) is 0 Å². The van der Waals surface area contributed by atoms with Gasteiger partial charge in [-0.2, -0.15) is 0 Å². The van der Waals surface area contributed by atoms with Gasteiger partial charge in [0, 0.05) is 18.6 Å². The third kappa shape index (κ3) is 12.9. The van der Waals surface area contributed by atoms with Crippen LogP contribution in [0.3, 0.4) is 0 Å². The minimum atomic E-state index is 0. The number of aromatic nitrogens is 1. The molecule has 0 saturated heterocycles. The zero-order valence-electron chi connectivity index (χ0n) is 39.6. The first-order chi connectivity index (χ1) is 29.6. The van der Waals surface area contributed by atoms with E-state index in [-0.39, 0.29) is 55.8 Å². The largest absolute Gasteiger partial charge is 1.00 e. The number of nitrogens with zero attached hydrogens (tertiary/aromatic N) is 3. The van der Waals surface area contributed by atoms with E-state index in [9.17, 15) is 0 Å². The van der Waals surface area contributed by atoms with Gasteiger partial charge in [0.25, 0.3) is 0 Å². The summed E-state index contributed by atoms with van der Waals surface area (Å²) in [4.78, 5) is 17.0. The molecule has 64 heavy (non-hydrogen) atoms. The summed E-state index contributed by atoms with van der Waals surface area (Å²) in [6.07, 6.45) is 40.8. The summed E-state index contributed by atoms with van der Waals surface area (Å²) in [6.45, 7) is 4.49. The number of pyridine rings is 1. The van der Waals surface area contributed by atoms with Gasteiger partial charge in [0.05, 0.1) is 34.2 Å². The SMILES string of the molecule is CC(=Nc1c(C2CCCCC2)cc(C2CCCCC2)cc1C1CCCCC1)c1cccc(C(C)=Nc2c(C3CCCCC3)cc(C3CCCCC3)cc2C2CCCCC2)n1.[Cl-].[Cl-].[Cl-].[V]. The summed E-state index contributed by atoms with van der Waals surface area (Å²) in [5.41, 5.74) is 16.4. The maximum absolute atomic E-state index is 5.77. The van der Waals surface area contributed by atoms with E-state index in [4.69, 9.17) is 15.0 Å². The van der Waals surface area contributed by atoms with Gasteiger partial charge in [-0.25, -0.2) is 4.98 Å². The van der Waals surface area contributed by atoms with Crippen LogP contribution in [-0.4, -0.2) is 16.4 Å². The second-order valence-electron chi connectivity index (χ2n) is 20.9. The van der Waals surface area contributed by atoms with Gasteiger partial charge in [-0.05, 0) is 172 Å². The summed E-state index contributed by atoms with van der Waals surface area (Å²) in [5, 5.41) is 0. The molecule has 0 N–H and O–H groups in total. The normalized spacial score (nSPS) is 21.8. The van der Waals surface area contributed by atoms with Crippen molar-refractivity contribution >= 4 is 22.8 Å². The van der Waals surface area contributed by atoms with E-state index in [0.717, 1.165) is 34.6 Å². The Kier molecular flexibility index (Phi) is 21.9. The fourth-order valence-corrected chi connectivity index (χ4v) is 13.2. The smallest absolute Gasteiger partial charge is 0.0849 e. The van der Waals surface area contributed by atoms with E-state index in [2.05, 4.69) is 56.3 Å². The minimum Gasteiger partial charge on any atom is -1.00 e. The fraction of sp³-hybridized carbons (Fsp3) is 0.667. The molecule has 1 heterocycles. The molecule has 0 bridgehead atoms. The third-order valence-corrected chi connectivity index (χ3v) is 16.8. The average Bonchev–Trinajstić information content (AvgIpc) is 3.33. The number of hydrogen-bond acceptors (Lipinski definition) is 3. The molecule has 0 unspecified atom stereocenters. The summed E-state index contributed by atoms with van der Waals surface area (Å²) in [6, 6.07) is 17.4. The third-order valence-electron chi connectivity index (χ3n) is 16.8. The van der Waals surface area contributed by atoms with Crippen LogP contribution in [0.25, 0.3) is 0 Å². The number of hydrogen-bond donors (Lipinski definition) is 0. The van der Waals surface area contributed by atoms with E-state index < -0.39 is 0 Å². The van der Waals surface area contributed by atoms with Crippen molar-refractivity contribution in [1.29, 1.82) is 0 Å². The average molecular weight is 964 g/mol. The molecular formula is C57H79Cl3N3V-3. The minimum absolute atomic E-state index is 0. The number of benzene rings is 2. The maximum Gasteiger partial charge on any atom is 0.0849 e. The van der Waals surface area contributed by atoms with Crippen molar-refractivity contribution in [2.24, 2.45) is 9.98 Å². The Labute approximate surface area is 420 Å². The van der Waals surface area contributed by atoms with Gasteiger partial charge in [-0.15, -0.1) is 0 Å². The van der Waals surface area contributed by atoms with Crippen LogP contribution in [0.2, 0.25) is 0 Å². The summed E-state index contributed by atoms with van der Waals surface area (Å²) >= 11 is 0. The second kappa shape index (κ2) is 26.2. The van der Waals surface area contributed by atoms with Crippen LogP contribution >= 0.6 is 0 Å². The zero-order chi connectivity index (χ0) is 40.7. The van der Waals surface area contributed by atoms with Crippen molar-refractivity contribution in [3.05, 3.63) is 87.2 Å². The second-order valence-corrected chi connectivity index (χ2v) is 20.9. The monoisotopic (exact) mass is 961 g/mol. The van der Waals surface area contributed by atoms with Crippen LogP contribution in [-0.2, 0) is 18.6 Å². The van der Waals surface area contributed by atoms with E-state index >= 15 is 0 Å². The summed E-state index contributed by atoms with van der Waals surface area (Å²) in [5.74, 6) is 3.97. The molecule has 351 valence electrons. The number of halogens is 3. The van der Waals surface area contributed by atoms with Crippen molar-refractivity contribution in [3.8, 4) is 0 Å². The van der Waals surface area contributed by atoms with Gasteiger partial charge in [-0.1, -0.05) is 146 Å². The molecule has 3 aromatic rings. The van der Waals surface area contributed by atoms with Crippen molar-refractivity contribution < 1.29 is 55.8 Å². The van der Waals surface area contributed by atoms with Gasteiger partial charge in [-0.3, -0.25) is 9.98 Å². The fourth-order valence-electron chi connectivity index (χ4n) is 13.2. The molecule has 1 radical (unpaired) electrons. The van der Waals surface area contributed by atoms with E-state index in [1.807, 2.05) is 0 Å². The van der Waals surface area contributed by atoms with Crippen LogP contribution in [0.1, 0.15) is 287 Å². The molecule has 3 nitrogen and oxygen atoms in total. The van der Waals surface area contributed by atoms with Gasteiger partial charge in [0.15, 0.2) is 0 Å². The van der Waals surface area contributed by atoms with Crippen LogP contribution in [0.15, 0.2) is 52.4 Å². The first-order valence-electron chi connectivity index (χ1n) is 26.0. The standard InChI is InChI=1S/C57H79N3.3ClH.V/c1-40(58-56-50(44-26-13-5-14-27-44)36-48(42-22-9-3-10-23-42)37-51(56)45-28-15-6-16-29-45)54-34-21-35-55(60-54)41(2)59-57-52(46-30-17-7-18-31-46)38-49(43-24-11-4-12-25-43)39-53(57)47-32-19-8-20-33-47;;;;/h21,34-39,42-47H,3-20,22-33H2,1-2H3;3*1H;/p-3. The molecule has 6 aliphatic rings. The molecular weight excluding hydrogens is 884 g/mol. The molecule has 7 heteroatoms. The van der Waals surface area contributed by atoms with Crippen LogP contribution in [0.4, 0.5) is 11.4 Å². The van der Waals surface area contributed by atoms with E-state index in [1.54, 1.807) is 33.4 Å². The Bertz CT molecular complexity index is 1740. The van der Waals surface area contributed by atoms with Crippen LogP contribution in [0.5, 0.6) is 0 Å². The summed E-state index contributed by atoms with van der Waals surface area (Å²) in [7, 11) is 0. The Morgan fingerprint density at radius 2 is 0.609 bits per heavy atom. The van der Waals surface area contributed by atoms with Crippen LogP contribution in [0, 0.1) is 0 Å².